The molecule has 1 amide bonds. The maximum absolute atomic E-state index is 11.8. The van der Waals surface area contributed by atoms with Crippen molar-refractivity contribution in [3.8, 4) is 0 Å². The molecule has 0 unspecified atom stereocenters. The number of amides is 1. The lowest BCUT2D eigenvalue weighted by Gasteiger charge is -2.04. The lowest BCUT2D eigenvalue weighted by Crippen LogP contribution is -2.07. The van der Waals surface area contributed by atoms with E-state index in [1.165, 1.54) is 12.4 Å². The Balaban J connectivity index is 1.57. The molecule has 1 aromatic carbocycles. The van der Waals surface area contributed by atoms with Crippen LogP contribution in [0.25, 0.3) is 6.08 Å². The molecule has 6 heteroatoms. The second kappa shape index (κ2) is 6.82. The molecule has 0 bridgehead atoms. The Hall–Kier alpha value is -2.73. The van der Waals surface area contributed by atoms with E-state index < -0.39 is 0 Å². The van der Waals surface area contributed by atoms with Crippen LogP contribution in [0.5, 0.6) is 0 Å². The number of nitrogens with one attached hydrogen (secondary N) is 1. The second-order valence-corrected chi connectivity index (χ2v) is 5.61. The molecule has 22 heavy (non-hydrogen) atoms. The summed E-state index contributed by atoms with van der Waals surface area (Å²) in [5.41, 5.74) is 1.86. The van der Waals surface area contributed by atoms with Gasteiger partial charge in [-0.3, -0.25) is 4.79 Å². The molecule has 0 aliphatic heterocycles. The average molecular weight is 310 g/mol. The zero-order valence-corrected chi connectivity index (χ0v) is 12.5. The van der Waals surface area contributed by atoms with Crippen molar-refractivity contribution in [2.45, 2.75) is 6.54 Å². The fraction of sp³-hybridized carbons (Fsp3) is 0.0625. The topological polar surface area (TPSA) is 59.8 Å². The number of anilines is 1. The number of carbonyl (C=O) groups is 1. The summed E-state index contributed by atoms with van der Waals surface area (Å²) in [5.74, 6) is -0.141. The first kappa shape index (κ1) is 14.2. The highest BCUT2D eigenvalue weighted by atomic mass is 32.1. The maximum Gasteiger partial charge on any atom is 0.248 e. The normalized spacial score (nSPS) is 10.9. The monoisotopic (exact) mass is 310 g/mol. The van der Waals surface area contributed by atoms with Gasteiger partial charge in [-0.25, -0.2) is 9.67 Å². The summed E-state index contributed by atoms with van der Waals surface area (Å²) in [7, 11) is 0. The first-order chi connectivity index (χ1) is 10.8. The number of rotatable bonds is 5. The highest BCUT2D eigenvalue weighted by molar-refractivity contribution is 7.10. The van der Waals surface area contributed by atoms with Gasteiger partial charge in [0.25, 0.3) is 0 Å². The Labute approximate surface area is 131 Å². The fourth-order valence-electron chi connectivity index (χ4n) is 1.92. The van der Waals surface area contributed by atoms with Crippen molar-refractivity contribution < 1.29 is 4.79 Å². The van der Waals surface area contributed by atoms with Crippen molar-refractivity contribution in [2.75, 3.05) is 5.32 Å². The van der Waals surface area contributed by atoms with Crippen molar-refractivity contribution >= 4 is 29.0 Å². The van der Waals surface area contributed by atoms with Crippen LogP contribution in [0.1, 0.15) is 10.4 Å². The molecule has 2 aromatic heterocycles. The SMILES string of the molecule is O=C(/C=C/c1cccs1)Nc1ccc(Cn2cncn2)cc1. The van der Waals surface area contributed by atoms with Gasteiger partial charge in [0.05, 0.1) is 6.54 Å². The molecule has 5 nitrogen and oxygen atoms in total. The first-order valence-corrected chi connectivity index (χ1v) is 7.61. The predicted octanol–water partition coefficient (Wildman–Crippen LogP) is 3.04. The van der Waals surface area contributed by atoms with Crippen molar-refractivity contribution in [3.05, 3.63) is 70.9 Å². The van der Waals surface area contributed by atoms with Gasteiger partial charge in [-0.2, -0.15) is 5.10 Å². The van der Waals surface area contributed by atoms with Crippen LogP contribution in [0, 0.1) is 0 Å². The van der Waals surface area contributed by atoms with E-state index >= 15 is 0 Å². The highest BCUT2D eigenvalue weighted by Gasteiger charge is 2.00. The number of nitrogens with zero attached hydrogens (tertiary/aromatic N) is 3. The van der Waals surface area contributed by atoms with Crippen LogP contribution in [0.15, 0.2) is 60.5 Å². The average Bonchev–Trinajstić information content (AvgIpc) is 3.20. The quantitative estimate of drug-likeness (QED) is 0.737. The molecule has 0 radical (unpaired) electrons. The summed E-state index contributed by atoms with van der Waals surface area (Å²) in [6.45, 7) is 0.659. The predicted molar refractivity (Wildman–Crippen MR) is 87.5 cm³/mol. The van der Waals surface area contributed by atoms with Gasteiger partial charge in [0.1, 0.15) is 12.7 Å². The fourth-order valence-corrected chi connectivity index (χ4v) is 2.54. The van der Waals surface area contributed by atoms with Gasteiger partial charge in [0.2, 0.25) is 5.91 Å². The van der Waals surface area contributed by atoms with Crippen LogP contribution in [0.4, 0.5) is 5.69 Å². The molecular formula is C16H14N4OS. The van der Waals surface area contributed by atoms with E-state index in [9.17, 15) is 4.79 Å². The lowest BCUT2D eigenvalue weighted by atomic mass is 10.2. The van der Waals surface area contributed by atoms with E-state index in [0.717, 1.165) is 16.1 Å². The highest BCUT2D eigenvalue weighted by Crippen LogP contribution is 2.12. The van der Waals surface area contributed by atoms with E-state index in [0.29, 0.717) is 6.54 Å². The molecular weight excluding hydrogens is 296 g/mol. The van der Waals surface area contributed by atoms with E-state index in [-0.39, 0.29) is 5.91 Å². The van der Waals surface area contributed by atoms with Crippen LogP contribution >= 0.6 is 11.3 Å². The van der Waals surface area contributed by atoms with Crippen molar-refractivity contribution in [3.63, 3.8) is 0 Å². The van der Waals surface area contributed by atoms with Crippen LogP contribution in [0.2, 0.25) is 0 Å². The molecule has 1 N–H and O–H groups in total. The molecule has 3 rings (SSSR count). The van der Waals surface area contributed by atoms with E-state index in [1.807, 2.05) is 41.8 Å². The summed E-state index contributed by atoms with van der Waals surface area (Å²) in [5, 5.41) is 8.87. The zero-order chi connectivity index (χ0) is 15.2. The number of benzene rings is 1. The lowest BCUT2D eigenvalue weighted by molar-refractivity contribution is -0.111. The van der Waals surface area contributed by atoms with Crippen molar-refractivity contribution in [2.24, 2.45) is 0 Å². The Morgan fingerprint density at radius 3 is 2.82 bits per heavy atom. The number of aromatic nitrogens is 3. The zero-order valence-electron chi connectivity index (χ0n) is 11.7. The van der Waals surface area contributed by atoms with Gasteiger partial charge in [0.15, 0.2) is 0 Å². The van der Waals surface area contributed by atoms with Crippen LogP contribution < -0.4 is 5.32 Å². The minimum absolute atomic E-state index is 0.141. The maximum atomic E-state index is 11.8. The molecule has 110 valence electrons. The number of hydrogen-bond donors (Lipinski definition) is 1. The minimum Gasteiger partial charge on any atom is -0.323 e. The Morgan fingerprint density at radius 2 is 2.14 bits per heavy atom. The Kier molecular flexibility index (Phi) is 4.41. The number of thiophene rings is 1. The summed E-state index contributed by atoms with van der Waals surface area (Å²) >= 11 is 1.59. The molecule has 0 aliphatic carbocycles. The van der Waals surface area contributed by atoms with Gasteiger partial charge in [-0.05, 0) is 35.2 Å². The van der Waals surface area contributed by atoms with Gasteiger partial charge < -0.3 is 5.32 Å². The van der Waals surface area contributed by atoms with Gasteiger partial charge in [0, 0.05) is 16.6 Å². The van der Waals surface area contributed by atoms with Crippen LogP contribution in [0.3, 0.4) is 0 Å². The van der Waals surface area contributed by atoms with Gasteiger partial charge in [-0.15, -0.1) is 11.3 Å². The van der Waals surface area contributed by atoms with E-state index in [4.69, 9.17) is 0 Å². The molecule has 3 aromatic rings. The largest absolute Gasteiger partial charge is 0.323 e. The van der Waals surface area contributed by atoms with Crippen molar-refractivity contribution in [1.29, 1.82) is 0 Å². The van der Waals surface area contributed by atoms with Crippen LogP contribution in [-0.4, -0.2) is 20.7 Å². The second-order valence-electron chi connectivity index (χ2n) is 4.63. The molecule has 0 saturated carbocycles. The molecule has 0 aliphatic rings. The molecule has 0 atom stereocenters. The van der Waals surface area contributed by atoms with Crippen molar-refractivity contribution in [1.82, 2.24) is 14.8 Å². The number of carbonyl (C=O) groups excluding carboxylic acids is 1. The summed E-state index contributed by atoms with van der Waals surface area (Å²) in [6.07, 6.45) is 6.52. The summed E-state index contributed by atoms with van der Waals surface area (Å²) in [6, 6.07) is 11.6. The van der Waals surface area contributed by atoms with E-state index in [1.54, 1.807) is 28.4 Å². The van der Waals surface area contributed by atoms with Crippen LogP contribution in [-0.2, 0) is 11.3 Å². The smallest absolute Gasteiger partial charge is 0.248 e. The van der Waals surface area contributed by atoms with Gasteiger partial charge >= 0.3 is 0 Å². The Morgan fingerprint density at radius 1 is 1.27 bits per heavy atom. The summed E-state index contributed by atoms with van der Waals surface area (Å²) < 4.78 is 1.75. The third kappa shape index (κ3) is 3.89. The standard InChI is InChI=1S/C16H14N4OS/c21-16(8-7-15-2-1-9-22-15)19-14-5-3-13(4-6-14)10-20-12-17-11-18-20/h1-9,11-12H,10H2,(H,19,21)/b8-7+. The van der Waals surface area contributed by atoms with E-state index in [2.05, 4.69) is 15.4 Å². The third-order valence-corrected chi connectivity index (χ3v) is 3.81. The Bertz CT molecular complexity index is 746. The summed E-state index contributed by atoms with van der Waals surface area (Å²) in [4.78, 5) is 16.8. The molecule has 0 saturated heterocycles. The molecule has 2 heterocycles. The van der Waals surface area contributed by atoms with Gasteiger partial charge in [-0.1, -0.05) is 18.2 Å². The first-order valence-electron chi connectivity index (χ1n) is 6.73. The third-order valence-electron chi connectivity index (χ3n) is 2.97. The number of hydrogen-bond acceptors (Lipinski definition) is 4. The minimum atomic E-state index is -0.141. The molecule has 0 spiro atoms. The molecule has 0 fully saturated rings.